The standard InChI is InChI=1S/C25H26IN3O3S/c1-17-5-14-24(15-18(17)2)29(33(4,31)32)16-20-6-8-22(9-7-20)25(30)28-27-19(3)21-10-12-23(26)13-11-21/h5-15H,16H2,1-4H3,(H,28,30)/b27-19-. The van der Waals surface area contributed by atoms with Gasteiger partial charge in [-0.3, -0.25) is 9.10 Å². The predicted octanol–water partition coefficient (Wildman–Crippen LogP) is 5.03. The van der Waals surface area contributed by atoms with E-state index in [2.05, 4.69) is 33.1 Å². The highest BCUT2D eigenvalue weighted by Crippen LogP contribution is 2.23. The van der Waals surface area contributed by atoms with Gasteiger partial charge in [-0.25, -0.2) is 13.8 Å². The van der Waals surface area contributed by atoms with E-state index < -0.39 is 10.0 Å². The molecule has 3 aromatic carbocycles. The second-order valence-corrected chi connectivity index (χ2v) is 11.0. The fourth-order valence-electron chi connectivity index (χ4n) is 3.16. The number of sulfonamides is 1. The molecule has 0 unspecified atom stereocenters. The number of hydrazone groups is 1. The Morgan fingerprint density at radius 2 is 1.55 bits per heavy atom. The van der Waals surface area contributed by atoms with Crippen molar-refractivity contribution in [3.05, 3.63) is 98.1 Å². The number of anilines is 1. The van der Waals surface area contributed by atoms with Gasteiger partial charge in [-0.05, 0) is 102 Å². The summed E-state index contributed by atoms with van der Waals surface area (Å²) in [6.07, 6.45) is 1.19. The van der Waals surface area contributed by atoms with Gasteiger partial charge in [0, 0.05) is 9.13 Å². The van der Waals surface area contributed by atoms with Gasteiger partial charge in [-0.2, -0.15) is 5.10 Å². The largest absolute Gasteiger partial charge is 0.271 e. The van der Waals surface area contributed by atoms with Gasteiger partial charge in [0.15, 0.2) is 0 Å². The van der Waals surface area contributed by atoms with Crippen LogP contribution in [0.3, 0.4) is 0 Å². The first-order valence-electron chi connectivity index (χ1n) is 10.3. The van der Waals surface area contributed by atoms with E-state index in [1.807, 2.05) is 57.2 Å². The zero-order valence-corrected chi connectivity index (χ0v) is 21.9. The van der Waals surface area contributed by atoms with E-state index in [1.165, 1.54) is 10.6 Å². The van der Waals surface area contributed by atoms with E-state index in [1.54, 1.807) is 30.3 Å². The topological polar surface area (TPSA) is 78.8 Å². The number of nitrogens with zero attached hydrogens (tertiary/aromatic N) is 2. The van der Waals surface area contributed by atoms with Crippen LogP contribution in [-0.4, -0.2) is 26.3 Å². The number of benzene rings is 3. The Balaban J connectivity index is 1.72. The average molecular weight is 575 g/mol. The SMILES string of the molecule is C/C(=N/NC(=O)c1ccc(CN(c2ccc(C)c(C)c2)S(C)(=O)=O)cc1)c1ccc(I)cc1. The van der Waals surface area contributed by atoms with Crippen LogP contribution in [0.25, 0.3) is 0 Å². The Labute approximate surface area is 208 Å². The summed E-state index contributed by atoms with van der Waals surface area (Å²) in [5, 5.41) is 4.19. The second kappa shape index (κ2) is 10.5. The Morgan fingerprint density at radius 3 is 2.12 bits per heavy atom. The summed E-state index contributed by atoms with van der Waals surface area (Å²) in [6.45, 7) is 5.94. The molecule has 0 aromatic heterocycles. The quantitative estimate of drug-likeness (QED) is 0.244. The molecule has 172 valence electrons. The molecule has 33 heavy (non-hydrogen) atoms. The van der Waals surface area contributed by atoms with Gasteiger partial charge < -0.3 is 0 Å². The highest BCUT2D eigenvalue weighted by atomic mass is 127. The second-order valence-electron chi connectivity index (χ2n) is 7.88. The number of halogens is 1. The van der Waals surface area contributed by atoms with Crippen LogP contribution < -0.4 is 9.73 Å². The van der Waals surface area contributed by atoms with Crippen molar-refractivity contribution in [3.8, 4) is 0 Å². The van der Waals surface area contributed by atoms with Crippen LogP contribution in [0.1, 0.15) is 39.5 Å². The third-order valence-electron chi connectivity index (χ3n) is 5.31. The predicted molar refractivity (Wildman–Crippen MR) is 142 cm³/mol. The smallest absolute Gasteiger partial charge is 0.267 e. The number of amides is 1. The summed E-state index contributed by atoms with van der Waals surface area (Å²) in [6, 6.07) is 20.3. The van der Waals surface area contributed by atoms with Gasteiger partial charge in [0.05, 0.1) is 24.2 Å². The van der Waals surface area contributed by atoms with Crippen LogP contribution in [0.4, 0.5) is 5.69 Å². The van der Waals surface area contributed by atoms with Crippen LogP contribution in [-0.2, 0) is 16.6 Å². The van der Waals surface area contributed by atoms with Crippen LogP contribution in [0.2, 0.25) is 0 Å². The maximum atomic E-state index is 12.5. The van der Waals surface area contributed by atoms with Gasteiger partial charge in [0.1, 0.15) is 0 Å². The van der Waals surface area contributed by atoms with Crippen LogP contribution in [0, 0.1) is 17.4 Å². The molecular formula is C25H26IN3O3S. The molecule has 0 bridgehead atoms. The molecule has 0 aliphatic rings. The molecule has 3 aromatic rings. The van der Waals surface area contributed by atoms with E-state index in [0.29, 0.717) is 17.0 Å². The third kappa shape index (κ3) is 6.64. The lowest BCUT2D eigenvalue weighted by molar-refractivity contribution is 0.0955. The molecule has 0 aliphatic carbocycles. The lowest BCUT2D eigenvalue weighted by Crippen LogP contribution is -2.29. The van der Waals surface area contributed by atoms with Gasteiger partial charge >= 0.3 is 0 Å². The molecular weight excluding hydrogens is 549 g/mol. The molecule has 0 saturated carbocycles. The zero-order valence-electron chi connectivity index (χ0n) is 19.0. The van der Waals surface area contributed by atoms with E-state index >= 15 is 0 Å². The molecule has 1 amide bonds. The van der Waals surface area contributed by atoms with Crippen molar-refractivity contribution >= 4 is 49.9 Å². The van der Waals surface area contributed by atoms with Crippen LogP contribution >= 0.6 is 22.6 Å². The molecule has 0 radical (unpaired) electrons. The summed E-state index contributed by atoms with van der Waals surface area (Å²) in [4.78, 5) is 12.5. The molecule has 0 fully saturated rings. The first kappa shape index (κ1) is 24.9. The Hall–Kier alpha value is -2.72. The van der Waals surface area contributed by atoms with Crippen molar-refractivity contribution in [2.75, 3.05) is 10.6 Å². The molecule has 1 N–H and O–H groups in total. The third-order valence-corrected chi connectivity index (χ3v) is 7.17. The Bertz CT molecular complexity index is 1290. The molecule has 0 saturated heterocycles. The highest BCUT2D eigenvalue weighted by molar-refractivity contribution is 14.1. The van der Waals surface area contributed by atoms with Crippen molar-refractivity contribution < 1.29 is 13.2 Å². The number of carbonyl (C=O) groups is 1. The van der Waals surface area contributed by atoms with Crippen molar-refractivity contribution in [2.45, 2.75) is 27.3 Å². The maximum Gasteiger partial charge on any atom is 0.271 e. The molecule has 8 heteroatoms. The van der Waals surface area contributed by atoms with Crippen LogP contribution in [0.5, 0.6) is 0 Å². The summed E-state index contributed by atoms with van der Waals surface area (Å²) < 4.78 is 27.4. The fourth-order valence-corrected chi connectivity index (χ4v) is 4.40. The van der Waals surface area contributed by atoms with E-state index in [9.17, 15) is 13.2 Å². The first-order valence-corrected chi connectivity index (χ1v) is 13.2. The highest BCUT2D eigenvalue weighted by Gasteiger charge is 2.18. The van der Waals surface area contributed by atoms with Gasteiger partial charge in [0.2, 0.25) is 10.0 Å². The molecule has 0 heterocycles. The maximum absolute atomic E-state index is 12.5. The first-order chi connectivity index (χ1) is 15.5. The van der Waals surface area contributed by atoms with Crippen LogP contribution in [0.15, 0.2) is 71.8 Å². The molecule has 0 aliphatic heterocycles. The molecule has 0 atom stereocenters. The lowest BCUT2D eigenvalue weighted by Gasteiger charge is -2.23. The minimum absolute atomic E-state index is 0.174. The lowest BCUT2D eigenvalue weighted by atomic mass is 10.1. The number of aryl methyl sites for hydroxylation is 2. The Morgan fingerprint density at radius 1 is 0.939 bits per heavy atom. The summed E-state index contributed by atoms with van der Waals surface area (Å²) in [5.41, 5.74) is 8.15. The van der Waals surface area contributed by atoms with Gasteiger partial charge in [-0.1, -0.05) is 30.3 Å². The fraction of sp³-hybridized carbons (Fsp3) is 0.200. The number of hydrogen-bond acceptors (Lipinski definition) is 4. The van der Waals surface area contributed by atoms with Gasteiger partial charge in [0.25, 0.3) is 5.91 Å². The monoisotopic (exact) mass is 575 g/mol. The minimum atomic E-state index is -3.48. The summed E-state index contributed by atoms with van der Waals surface area (Å²) in [5.74, 6) is -0.333. The van der Waals surface area contributed by atoms with Crippen molar-refractivity contribution in [1.29, 1.82) is 0 Å². The number of rotatable bonds is 7. The van der Waals surface area contributed by atoms with Crippen molar-refractivity contribution in [1.82, 2.24) is 5.43 Å². The summed E-state index contributed by atoms with van der Waals surface area (Å²) >= 11 is 2.23. The van der Waals surface area contributed by atoms with E-state index in [0.717, 1.165) is 25.8 Å². The van der Waals surface area contributed by atoms with E-state index in [4.69, 9.17) is 0 Å². The van der Waals surface area contributed by atoms with Crippen molar-refractivity contribution in [2.24, 2.45) is 5.10 Å². The summed E-state index contributed by atoms with van der Waals surface area (Å²) in [7, 11) is -3.48. The number of nitrogens with one attached hydrogen (secondary N) is 1. The molecule has 3 rings (SSSR count). The average Bonchev–Trinajstić information content (AvgIpc) is 2.77. The van der Waals surface area contributed by atoms with Crippen molar-refractivity contribution in [3.63, 3.8) is 0 Å². The zero-order chi connectivity index (χ0) is 24.2. The number of carbonyl (C=O) groups excluding carboxylic acids is 1. The van der Waals surface area contributed by atoms with E-state index in [-0.39, 0.29) is 12.5 Å². The van der Waals surface area contributed by atoms with Gasteiger partial charge in [-0.15, -0.1) is 0 Å². The molecule has 0 spiro atoms. The number of hydrogen-bond donors (Lipinski definition) is 1. The minimum Gasteiger partial charge on any atom is -0.267 e. The Kier molecular flexibility index (Phi) is 7.91. The molecule has 6 nitrogen and oxygen atoms in total. The normalized spacial score (nSPS) is 11.8.